The number of nitrogens with one attached hydrogen (secondary N) is 2. The van der Waals surface area contributed by atoms with Crippen LogP contribution in [0.3, 0.4) is 0 Å². The van der Waals surface area contributed by atoms with Crippen LogP contribution in [0.5, 0.6) is 0 Å². The monoisotopic (exact) mass is 454 g/mol. The molecule has 0 aromatic heterocycles. The van der Waals surface area contributed by atoms with Gasteiger partial charge in [-0.2, -0.15) is 0 Å². The van der Waals surface area contributed by atoms with Gasteiger partial charge in [-0.15, -0.1) is 0 Å². The van der Waals surface area contributed by atoms with E-state index in [2.05, 4.69) is 22.8 Å². The number of amides is 2. The van der Waals surface area contributed by atoms with Gasteiger partial charge in [0.05, 0.1) is 6.10 Å². The molecule has 1 aliphatic rings. The number of carbonyl (C=O) groups excluding carboxylic acids is 2. The molecule has 0 aliphatic heterocycles. The Morgan fingerprint density at radius 3 is 1.97 bits per heavy atom. The van der Waals surface area contributed by atoms with Crippen LogP contribution >= 0.6 is 0 Å². The third-order valence-electron chi connectivity index (χ3n) is 5.92. The summed E-state index contributed by atoms with van der Waals surface area (Å²) in [6, 6.07) is 14.1. The quantitative estimate of drug-likeness (QED) is 0.462. The van der Waals surface area contributed by atoms with E-state index in [0.29, 0.717) is 0 Å². The Kier molecular flexibility index (Phi) is 7.71. The maximum Gasteiger partial charge on any atom is 0.407 e. The molecule has 0 fully saturated rings. The Labute approximate surface area is 193 Å². The molecule has 0 saturated heterocycles. The van der Waals surface area contributed by atoms with Crippen LogP contribution in [0.25, 0.3) is 11.1 Å². The van der Waals surface area contributed by atoms with Gasteiger partial charge in [0.25, 0.3) is 0 Å². The fourth-order valence-corrected chi connectivity index (χ4v) is 4.07. The number of aliphatic carboxylic acids is 1. The maximum absolute atomic E-state index is 12.6. The first-order chi connectivity index (χ1) is 15.7. The van der Waals surface area contributed by atoms with Gasteiger partial charge in [-0.25, -0.2) is 9.59 Å². The van der Waals surface area contributed by atoms with E-state index in [9.17, 15) is 19.5 Å². The Balaban J connectivity index is 1.61. The maximum atomic E-state index is 12.6. The number of carbonyl (C=O) groups is 3. The second kappa shape index (κ2) is 10.5. The second-order valence-corrected chi connectivity index (χ2v) is 8.65. The average Bonchev–Trinajstić information content (AvgIpc) is 3.09. The highest BCUT2D eigenvalue weighted by atomic mass is 16.5. The van der Waals surface area contributed by atoms with E-state index in [1.165, 1.54) is 6.92 Å². The Bertz CT molecular complexity index is 974. The van der Waals surface area contributed by atoms with Crippen molar-refractivity contribution in [3.05, 3.63) is 59.7 Å². The van der Waals surface area contributed by atoms with E-state index in [-0.39, 0.29) is 24.9 Å². The lowest BCUT2D eigenvalue weighted by atomic mass is 9.98. The molecular formula is C25H30N2O6. The summed E-state index contributed by atoms with van der Waals surface area (Å²) in [6.07, 6.45) is -2.04. The van der Waals surface area contributed by atoms with Crippen LogP contribution in [0, 0.1) is 5.92 Å². The minimum atomic E-state index is -1.42. The minimum absolute atomic E-state index is 0.0775. The van der Waals surface area contributed by atoms with Crippen molar-refractivity contribution in [1.82, 2.24) is 10.6 Å². The number of carboxylic acid groups (broad SMARTS) is 1. The van der Waals surface area contributed by atoms with Crippen LogP contribution in [-0.2, 0) is 14.3 Å². The standard InChI is InChI=1S/C25H30N2O6/c1-14(2)21(12-22(29)27-23(15(3)28)24(30)31)26-25(32)33-13-20-18-10-6-4-8-16(18)17-9-5-7-11-19(17)20/h4-11,14-15,20-21,23,28H,12-13H2,1-3H3,(H,26,32)(H,27,29)(H,30,31). The first-order valence-corrected chi connectivity index (χ1v) is 11.0. The fourth-order valence-electron chi connectivity index (χ4n) is 4.07. The lowest BCUT2D eigenvalue weighted by molar-refractivity contribution is -0.144. The van der Waals surface area contributed by atoms with Gasteiger partial charge in [0.15, 0.2) is 6.04 Å². The van der Waals surface area contributed by atoms with Crippen molar-refractivity contribution in [3.8, 4) is 11.1 Å². The van der Waals surface area contributed by atoms with E-state index in [0.717, 1.165) is 22.3 Å². The van der Waals surface area contributed by atoms with Crippen molar-refractivity contribution in [1.29, 1.82) is 0 Å². The number of fused-ring (bicyclic) bond motifs is 3. The number of carboxylic acids is 1. The number of hydrogen-bond acceptors (Lipinski definition) is 5. The van der Waals surface area contributed by atoms with Crippen LogP contribution in [0.4, 0.5) is 4.79 Å². The predicted molar refractivity (Wildman–Crippen MR) is 123 cm³/mol. The molecule has 2 aromatic rings. The van der Waals surface area contributed by atoms with Gasteiger partial charge in [0, 0.05) is 18.4 Å². The van der Waals surface area contributed by atoms with Gasteiger partial charge >= 0.3 is 12.1 Å². The number of ether oxygens (including phenoxy) is 1. The van der Waals surface area contributed by atoms with Crippen LogP contribution in [0.1, 0.15) is 44.2 Å². The zero-order chi connectivity index (χ0) is 24.1. The molecule has 0 radical (unpaired) electrons. The zero-order valence-corrected chi connectivity index (χ0v) is 18.9. The van der Waals surface area contributed by atoms with Crippen molar-refractivity contribution >= 4 is 18.0 Å². The number of benzene rings is 2. The SMILES string of the molecule is CC(C)C(CC(=O)NC(C(=O)O)C(C)O)NC(=O)OCC1c2ccccc2-c2ccccc21. The number of aliphatic hydroxyl groups excluding tert-OH is 1. The van der Waals surface area contributed by atoms with Gasteiger partial charge in [-0.1, -0.05) is 62.4 Å². The summed E-state index contributed by atoms with van der Waals surface area (Å²) >= 11 is 0. The third kappa shape index (κ3) is 5.70. The topological polar surface area (TPSA) is 125 Å². The molecular weight excluding hydrogens is 424 g/mol. The number of alkyl carbamates (subject to hydrolysis) is 1. The molecule has 0 spiro atoms. The highest BCUT2D eigenvalue weighted by molar-refractivity contribution is 5.84. The molecule has 8 heteroatoms. The normalized spacial score (nSPS) is 15.2. The van der Waals surface area contributed by atoms with Gasteiger partial charge in [-0.05, 0) is 35.1 Å². The largest absolute Gasteiger partial charge is 0.480 e. The lowest BCUT2D eigenvalue weighted by Gasteiger charge is -2.24. The molecule has 4 N–H and O–H groups in total. The molecule has 2 amide bonds. The molecule has 0 heterocycles. The molecule has 3 atom stereocenters. The molecule has 1 aliphatic carbocycles. The van der Waals surface area contributed by atoms with Gasteiger partial charge in [-0.3, -0.25) is 4.79 Å². The third-order valence-corrected chi connectivity index (χ3v) is 5.92. The Hall–Kier alpha value is -3.39. The molecule has 0 bridgehead atoms. The van der Waals surface area contributed by atoms with Gasteiger partial charge < -0.3 is 25.6 Å². The molecule has 3 rings (SSSR count). The smallest absolute Gasteiger partial charge is 0.407 e. The average molecular weight is 455 g/mol. The molecule has 0 saturated carbocycles. The first-order valence-electron chi connectivity index (χ1n) is 11.0. The van der Waals surface area contributed by atoms with Crippen molar-refractivity contribution in [3.63, 3.8) is 0 Å². The van der Waals surface area contributed by atoms with E-state index in [1.807, 2.05) is 50.2 Å². The van der Waals surface area contributed by atoms with Crippen molar-refractivity contribution < 1.29 is 29.3 Å². The molecule has 8 nitrogen and oxygen atoms in total. The molecule has 3 unspecified atom stereocenters. The van der Waals surface area contributed by atoms with Crippen LogP contribution in [0.15, 0.2) is 48.5 Å². The van der Waals surface area contributed by atoms with E-state index >= 15 is 0 Å². The van der Waals surface area contributed by atoms with Gasteiger partial charge in [0.2, 0.25) is 5.91 Å². The summed E-state index contributed by atoms with van der Waals surface area (Å²) < 4.78 is 5.54. The summed E-state index contributed by atoms with van der Waals surface area (Å²) in [5, 5.41) is 23.7. The van der Waals surface area contributed by atoms with Crippen molar-refractivity contribution in [2.45, 2.75) is 51.3 Å². The van der Waals surface area contributed by atoms with Crippen LogP contribution in [0.2, 0.25) is 0 Å². The van der Waals surface area contributed by atoms with E-state index < -0.39 is 36.2 Å². The minimum Gasteiger partial charge on any atom is -0.480 e. The predicted octanol–water partition coefficient (Wildman–Crippen LogP) is 2.89. The van der Waals surface area contributed by atoms with E-state index in [4.69, 9.17) is 9.84 Å². The lowest BCUT2D eigenvalue weighted by Crippen LogP contribution is -2.50. The number of hydrogen-bond donors (Lipinski definition) is 4. The number of rotatable bonds is 9. The van der Waals surface area contributed by atoms with Crippen LogP contribution < -0.4 is 10.6 Å². The van der Waals surface area contributed by atoms with E-state index in [1.54, 1.807) is 0 Å². The van der Waals surface area contributed by atoms with Crippen LogP contribution in [-0.4, -0.2) is 53.0 Å². The highest BCUT2D eigenvalue weighted by Gasteiger charge is 2.30. The Morgan fingerprint density at radius 2 is 1.48 bits per heavy atom. The molecule has 176 valence electrons. The molecule has 2 aromatic carbocycles. The summed E-state index contributed by atoms with van der Waals surface area (Å²) in [7, 11) is 0. The second-order valence-electron chi connectivity index (χ2n) is 8.65. The van der Waals surface area contributed by atoms with Gasteiger partial charge in [0.1, 0.15) is 6.61 Å². The van der Waals surface area contributed by atoms with Crippen molar-refractivity contribution in [2.75, 3.05) is 6.61 Å². The number of aliphatic hydroxyl groups is 1. The summed E-state index contributed by atoms with van der Waals surface area (Å²) in [5.74, 6) is -2.10. The summed E-state index contributed by atoms with van der Waals surface area (Å²) in [6.45, 7) is 5.12. The van der Waals surface area contributed by atoms with Crippen molar-refractivity contribution in [2.24, 2.45) is 5.92 Å². The first kappa shape index (κ1) is 24.3. The highest BCUT2D eigenvalue weighted by Crippen LogP contribution is 2.44. The fraction of sp³-hybridized carbons (Fsp3) is 0.400. The summed E-state index contributed by atoms with van der Waals surface area (Å²) in [5.41, 5.74) is 4.46. The summed E-state index contributed by atoms with van der Waals surface area (Å²) in [4.78, 5) is 36.1. The zero-order valence-electron chi connectivity index (χ0n) is 18.9. The Morgan fingerprint density at radius 1 is 0.939 bits per heavy atom. The molecule has 33 heavy (non-hydrogen) atoms.